The zero-order valence-corrected chi connectivity index (χ0v) is 20.2. The Bertz CT molecular complexity index is 1440. The number of thiophene rings is 1. The number of benzene rings is 2. The molecule has 0 aliphatic rings. The summed E-state index contributed by atoms with van der Waals surface area (Å²) in [7, 11) is 0. The lowest BCUT2D eigenvalue weighted by molar-refractivity contribution is 0.0531. The summed E-state index contributed by atoms with van der Waals surface area (Å²) in [5, 5.41) is 13.5. The van der Waals surface area contributed by atoms with Gasteiger partial charge in [-0.15, -0.1) is 11.3 Å². The molecule has 4 aromatic rings. The Morgan fingerprint density at radius 2 is 1.97 bits per heavy atom. The van der Waals surface area contributed by atoms with Crippen molar-refractivity contribution in [3.63, 3.8) is 0 Å². The first-order valence-electron chi connectivity index (χ1n) is 10.1. The molecule has 0 aliphatic heterocycles. The van der Waals surface area contributed by atoms with E-state index in [9.17, 15) is 14.9 Å². The van der Waals surface area contributed by atoms with Gasteiger partial charge in [0, 0.05) is 15.4 Å². The summed E-state index contributed by atoms with van der Waals surface area (Å²) in [6.45, 7) is 3.61. The van der Waals surface area contributed by atoms with Crippen molar-refractivity contribution in [2.75, 3.05) is 11.9 Å². The third-order valence-electron chi connectivity index (χ3n) is 5.03. The minimum Gasteiger partial charge on any atom is -0.462 e. The number of hydrogen-bond acceptors (Lipinski definition) is 6. The topological polar surface area (TPSA) is 92.1 Å². The monoisotopic (exact) mass is 519 g/mol. The fraction of sp³-hybridized carbons (Fsp3) is 0.120. The Hall–Kier alpha value is -3.54. The smallest absolute Gasteiger partial charge is 0.348 e. The van der Waals surface area contributed by atoms with Gasteiger partial charge < -0.3 is 10.1 Å². The van der Waals surface area contributed by atoms with E-state index in [1.807, 2.05) is 48.5 Å². The molecular formula is C25H18BrN3O3S. The maximum Gasteiger partial charge on any atom is 0.348 e. The molecule has 0 radical (unpaired) electrons. The van der Waals surface area contributed by atoms with Crippen LogP contribution in [0.15, 0.2) is 59.1 Å². The highest BCUT2D eigenvalue weighted by molar-refractivity contribution is 9.10. The molecule has 164 valence electrons. The van der Waals surface area contributed by atoms with Gasteiger partial charge in [-0.1, -0.05) is 46.3 Å². The molecule has 0 saturated heterocycles. The van der Waals surface area contributed by atoms with Crippen LogP contribution in [0.3, 0.4) is 0 Å². The molecule has 0 atom stereocenters. The van der Waals surface area contributed by atoms with Crippen LogP contribution in [0.1, 0.15) is 38.1 Å². The number of hydrogen-bond donors (Lipinski definition) is 1. The lowest BCUT2D eigenvalue weighted by Gasteiger charge is -2.10. The number of nitriles is 1. The molecule has 33 heavy (non-hydrogen) atoms. The van der Waals surface area contributed by atoms with Crippen molar-refractivity contribution in [2.45, 2.75) is 13.8 Å². The molecule has 0 unspecified atom stereocenters. The largest absolute Gasteiger partial charge is 0.462 e. The molecule has 0 spiro atoms. The molecule has 2 heterocycles. The number of nitrogens with one attached hydrogen (secondary N) is 1. The van der Waals surface area contributed by atoms with E-state index in [-0.39, 0.29) is 12.2 Å². The third kappa shape index (κ3) is 4.51. The van der Waals surface area contributed by atoms with Crippen LogP contribution >= 0.6 is 27.3 Å². The minimum atomic E-state index is -0.511. The average molecular weight is 520 g/mol. The van der Waals surface area contributed by atoms with Crippen molar-refractivity contribution in [1.82, 2.24) is 4.98 Å². The molecule has 8 heteroatoms. The summed E-state index contributed by atoms with van der Waals surface area (Å²) >= 11 is 4.51. The van der Waals surface area contributed by atoms with Gasteiger partial charge in [-0.2, -0.15) is 5.26 Å². The van der Waals surface area contributed by atoms with E-state index in [0.29, 0.717) is 37.6 Å². The summed E-state index contributed by atoms with van der Waals surface area (Å²) in [6, 6.07) is 18.9. The summed E-state index contributed by atoms with van der Waals surface area (Å²) in [6.07, 6.45) is 0. The molecule has 2 aromatic heterocycles. The maximum absolute atomic E-state index is 13.4. The van der Waals surface area contributed by atoms with Crippen molar-refractivity contribution in [3.8, 4) is 17.3 Å². The zero-order chi connectivity index (χ0) is 23.5. The van der Waals surface area contributed by atoms with E-state index >= 15 is 0 Å². The number of para-hydroxylation sites is 1. The lowest BCUT2D eigenvalue weighted by Crippen LogP contribution is -2.13. The van der Waals surface area contributed by atoms with E-state index in [1.54, 1.807) is 19.9 Å². The molecule has 0 saturated carbocycles. The SMILES string of the molecule is CCOC(=O)c1sc(NC(=O)c2cc(-c3cccc(Br)c3)nc3ccccc23)c(C#N)c1C. The number of carbonyl (C=O) groups excluding carboxylic acids is 2. The quantitative estimate of drug-likeness (QED) is 0.310. The number of fused-ring (bicyclic) bond motifs is 1. The highest BCUT2D eigenvalue weighted by Crippen LogP contribution is 2.34. The van der Waals surface area contributed by atoms with Crippen LogP contribution in [0.4, 0.5) is 5.00 Å². The van der Waals surface area contributed by atoms with Gasteiger partial charge in [0.1, 0.15) is 15.9 Å². The van der Waals surface area contributed by atoms with Crippen LogP contribution in [0.5, 0.6) is 0 Å². The molecule has 1 amide bonds. The molecule has 1 N–H and O–H groups in total. The van der Waals surface area contributed by atoms with Crippen LogP contribution in [-0.4, -0.2) is 23.5 Å². The second-order valence-electron chi connectivity index (χ2n) is 7.13. The predicted molar refractivity (Wildman–Crippen MR) is 133 cm³/mol. The number of rotatable bonds is 5. The normalized spacial score (nSPS) is 10.6. The maximum atomic E-state index is 13.4. The van der Waals surface area contributed by atoms with Crippen LogP contribution in [0.25, 0.3) is 22.2 Å². The number of aromatic nitrogens is 1. The Balaban J connectivity index is 1.79. The van der Waals surface area contributed by atoms with Crippen LogP contribution in [0.2, 0.25) is 0 Å². The molecule has 0 fully saturated rings. The van der Waals surface area contributed by atoms with Gasteiger partial charge in [0.2, 0.25) is 0 Å². The van der Waals surface area contributed by atoms with E-state index in [2.05, 4.69) is 27.3 Å². The Kier molecular flexibility index (Phi) is 6.54. The summed E-state index contributed by atoms with van der Waals surface area (Å²) in [5.41, 5.74) is 3.35. The van der Waals surface area contributed by atoms with E-state index in [4.69, 9.17) is 9.72 Å². The Morgan fingerprint density at radius 1 is 1.18 bits per heavy atom. The number of pyridine rings is 1. The zero-order valence-electron chi connectivity index (χ0n) is 17.8. The number of carbonyl (C=O) groups is 2. The van der Waals surface area contributed by atoms with Crippen molar-refractivity contribution in [1.29, 1.82) is 5.26 Å². The van der Waals surface area contributed by atoms with Gasteiger partial charge in [0.15, 0.2) is 0 Å². The summed E-state index contributed by atoms with van der Waals surface area (Å²) in [5.74, 6) is -0.902. The highest BCUT2D eigenvalue weighted by Gasteiger charge is 2.23. The third-order valence-corrected chi connectivity index (χ3v) is 6.71. The van der Waals surface area contributed by atoms with Crippen LogP contribution in [0, 0.1) is 18.3 Å². The lowest BCUT2D eigenvalue weighted by atomic mass is 10.0. The average Bonchev–Trinajstić information content (AvgIpc) is 3.13. The molecule has 0 bridgehead atoms. The van der Waals surface area contributed by atoms with Crippen molar-refractivity contribution in [3.05, 3.63) is 80.6 Å². The molecule has 0 aliphatic carbocycles. The van der Waals surface area contributed by atoms with Gasteiger partial charge in [0.05, 0.1) is 28.9 Å². The standard InChI is InChI=1S/C25H18BrN3O3S/c1-3-32-25(31)22-14(2)19(13-27)24(33-22)29-23(30)18-12-21(15-7-6-8-16(26)11-15)28-20-10-5-4-9-17(18)20/h4-12H,3H2,1-2H3,(H,29,30). The van der Waals surface area contributed by atoms with Gasteiger partial charge in [-0.3, -0.25) is 4.79 Å². The number of esters is 1. The van der Waals surface area contributed by atoms with Crippen LogP contribution in [-0.2, 0) is 4.74 Å². The van der Waals surface area contributed by atoms with Crippen molar-refractivity contribution < 1.29 is 14.3 Å². The molecular weight excluding hydrogens is 502 g/mol. The van der Waals surface area contributed by atoms with E-state index in [1.165, 1.54) is 0 Å². The molecule has 6 nitrogen and oxygen atoms in total. The fourth-order valence-corrected chi connectivity index (χ4v) is 4.90. The number of anilines is 1. The number of halogens is 1. The number of amides is 1. The van der Waals surface area contributed by atoms with Crippen LogP contribution < -0.4 is 5.32 Å². The highest BCUT2D eigenvalue weighted by atomic mass is 79.9. The van der Waals surface area contributed by atoms with E-state index < -0.39 is 11.9 Å². The second-order valence-corrected chi connectivity index (χ2v) is 9.07. The van der Waals surface area contributed by atoms with Gasteiger partial charge in [0.25, 0.3) is 5.91 Å². The Morgan fingerprint density at radius 3 is 2.70 bits per heavy atom. The molecule has 4 rings (SSSR count). The Labute approximate surface area is 203 Å². The fourth-order valence-electron chi connectivity index (χ4n) is 3.46. The summed E-state index contributed by atoms with van der Waals surface area (Å²) in [4.78, 5) is 30.7. The second kappa shape index (κ2) is 9.53. The van der Waals surface area contributed by atoms with Gasteiger partial charge in [-0.05, 0) is 43.7 Å². The number of ether oxygens (including phenoxy) is 1. The van der Waals surface area contributed by atoms with E-state index in [0.717, 1.165) is 21.4 Å². The first kappa shape index (κ1) is 22.6. The predicted octanol–water partition coefficient (Wildman–Crippen LogP) is 6.33. The van der Waals surface area contributed by atoms with Gasteiger partial charge >= 0.3 is 5.97 Å². The van der Waals surface area contributed by atoms with Crippen molar-refractivity contribution in [2.24, 2.45) is 0 Å². The van der Waals surface area contributed by atoms with Gasteiger partial charge in [-0.25, -0.2) is 9.78 Å². The first-order valence-corrected chi connectivity index (χ1v) is 11.7. The summed E-state index contributed by atoms with van der Waals surface area (Å²) < 4.78 is 5.98. The first-order chi connectivity index (χ1) is 15.9. The van der Waals surface area contributed by atoms with Crippen molar-refractivity contribution >= 4 is 55.0 Å². The number of nitrogens with zero attached hydrogens (tertiary/aromatic N) is 2. The molecule has 2 aromatic carbocycles. The minimum absolute atomic E-state index is 0.223.